The molecular formula is C22H14N2O5S. The molecule has 3 aromatic carbocycles. The van der Waals surface area contributed by atoms with Gasteiger partial charge in [0.15, 0.2) is 5.17 Å². The Bertz CT molecular complexity index is 1240. The van der Waals surface area contributed by atoms with Gasteiger partial charge in [-0.1, -0.05) is 42.5 Å². The molecule has 3 N–H and O–H groups in total. The fraction of sp³-hybridized carbons (Fsp3) is 0. The minimum absolute atomic E-state index is 0.126. The fourth-order valence-electron chi connectivity index (χ4n) is 3.04. The van der Waals surface area contributed by atoms with Crippen LogP contribution in [0.25, 0.3) is 16.8 Å². The lowest BCUT2D eigenvalue weighted by molar-refractivity contribution is -0.115. The first-order valence-electron chi connectivity index (χ1n) is 8.80. The van der Waals surface area contributed by atoms with Gasteiger partial charge in [0.1, 0.15) is 0 Å². The SMILES string of the molecule is O=C1NC(=Nc2cc(C(=O)O)cc(C(=O)O)c2)S/C1=C\c1cccc2ccccc12. The van der Waals surface area contributed by atoms with Crippen LogP contribution < -0.4 is 5.32 Å². The zero-order chi connectivity index (χ0) is 21.3. The van der Waals surface area contributed by atoms with Crippen molar-refractivity contribution >= 4 is 57.3 Å². The third-order valence-corrected chi connectivity index (χ3v) is 5.31. The van der Waals surface area contributed by atoms with Gasteiger partial charge in [-0.2, -0.15) is 0 Å². The summed E-state index contributed by atoms with van der Waals surface area (Å²) >= 11 is 1.10. The number of carboxylic acid groups (broad SMARTS) is 2. The van der Waals surface area contributed by atoms with Crippen molar-refractivity contribution in [3.8, 4) is 0 Å². The first kappa shape index (κ1) is 19.4. The minimum atomic E-state index is -1.26. The predicted octanol–water partition coefficient (Wildman–Crippen LogP) is 4.13. The van der Waals surface area contributed by atoms with Crippen LogP contribution in [0.5, 0.6) is 0 Å². The second kappa shape index (κ2) is 7.84. The highest BCUT2D eigenvalue weighted by Crippen LogP contribution is 2.30. The molecular weight excluding hydrogens is 404 g/mol. The maximum Gasteiger partial charge on any atom is 0.335 e. The van der Waals surface area contributed by atoms with Crippen molar-refractivity contribution in [2.75, 3.05) is 0 Å². The summed E-state index contributed by atoms with van der Waals surface area (Å²) in [5, 5.41) is 23.3. The van der Waals surface area contributed by atoms with Crippen LogP contribution in [0.15, 0.2) is 70.6 Å². The van der Waals surface area contributed by atoms with E-state index in [1.165, 1.54) is 12.1 Å². The molecule has 0 aromatic heterocycles. The number of carboxylic acids is 2. The topological polar surface area (TPSA) is 116 Å². The predicted molar refractivity (Wildman–Crippen MR) is 115 cm³/mol. The number of amides is 1. The van der Waals surface area contributed by atoms with Gasteiger partial charge in [-0.05, 0) is 52.4 Å². The number of rotatable bonds is 4. The molecule has 1 saturated heterocycles. The van der Waals surface area contributed by atoms with E-state index in [0.717, 1.165) is 34.2 Å². The summed E-state index contributed by atoms with van der Waals surface area (Å²) in [7, 11) is 0. The van der Waals surface area contributed by atoms with Gasteiger partial charge in [-0.15, -0.1) is 0 Å². The quantitative estimate of drug-likeness (QED) is 0.549. The maximum atomic E-state index is 12.4. The smallest absolute Gasteiger partial charge is 0.335 e. The average Bonchev–Trinajstić information content (AvgIpc) is 3.06. The number of benzene rings is 3. The Labute approximate surface area is 174 Å². The molecule has 1 amide bonds. The van der Waals surface area contributed by atoms with Crippen LogP contribution in [0.1, 0.15) is 26.3 Å². The maximum absolute atomic E-state index is 12.4. The van der Waals surface area contributed by atoms with E-state index in [9.17, 15) is 24.6 Å². The van der Waals surface area contributed by atoms with E-state index in [4.69, 9.17) is 0 Å². The van der Waals surface area contributed by atoms with E-state index in [-0.39, 0.29) is 27.9 Å². The monoisotopic (exact) mass is 418 g/mol. The number of hydrogen-bond acceptors (Lipinski definition) is 5. The molecule has 1 aliphatic rings. The van der Waals surface area contributed by atoms with Gasteiger partial charge < -0.3 is 15.5 Å². The molecule has 0 saturated carbocycles. The van der Waals surface area contributed by atoms with Crippen molar-refractivity contribution in [1.82, 2.24) is 5.32 Å². The van der Waals surface area contributed by atoms with Gasteiger partial charge in [0.05, 0.1) is 21.7 Å². The molecule has 0 atom stereocenters. The molecule has 3 aromatic rings. The summed E-state index contributed by atoms with van der Waals surface area (Å²) in [4.78, 5) is 39.6. The molecule has 8 heteroatoms. The van der Waals surface area contributed by atoms with Gasteiger partial charge in [0.2, 0.25) is 0 Å². The lowest BCUT2D eigenvalue weighted by Crippen LogP contribution is -2.19. The summed E-state index contributed by atoms with van der Waals surface area (Å²) in [5.41, 5.74) is 0.611. The van der Waals surface area contributed by atoms with Crippen LogP contribution in [0.2, 0.25) is 0 Å². The number of thioether (sulfide) groups is 1. The van der Waals surface area contributed by atoms with E-state index in [1.54, 1.807) is 6.08 Å². The second-order valence-corrected chi connectivity index (χ2v) is 7.46. The zero-order valence-electron chi connectivity index (χ0n) is 15.3. The van der Waals surface area contributed by atoms with Crippen LogP contribution >= 0.6 is 11.8 Å². The molecule has 1 fully saturated rings. The van der Waals surface area contributed by atoms with Gasteiger partial charge >= 0.3 is 11.9 Å². The minimum Gasteiger partial charge on any atom is -0.478 e. The van der Waals surface area contributed by atoms with Crippen LogP contribution in [0.3, 0.4) is 0 Å². The van der Waals surface area contributed by atoms with E-state index < -0.39 is 11.9 Å². The summed E-state index contributed by atoms with van der Waals surface area (Å²) in [6.07, 6.45) is 1.77. The molecule has 1 heterocycles. The summed E-state index contributed by atoms with van der Waals surface area (Å²) in [6.45, 7) is 0. The van der Waals surface area contributed by atoms with Crippen LogP contribution in [-0.2, 0) is 4.79 Å². The Balaban J connectivity index is 1.68. The molecule has 0 radical (unpaired) electrons. The third-order valence-electron chi connectivity index (χ3n) is 4.40. The highest BCUT2D eigenvalue weighted by molar-refractivity contribution is 8.18. The fourth-order valence-corrected chi connectivity index (χ4v) is 3.87. The van der Waals surface area contributed by atoms with Crippen LogP contribution in [0, 0.1) is 0 Å². The van der Waals surface area contributed by atoms with E-state index in [0.29, 0.717) is 4.91 Å². The lowest BCUT2D eigenvalue weighted by Gasteiger charge is -2.02. The number of carbonyl (C=O) groups is 3. The Morgan fingerprint density at radius 1 is 0.933 bits per heavy atom. The van der Waals surface area contributed by atoms with Crippen LogP contribution in [-0.4, -0.2) is 33.2 Å². The van der Waals surface area contributed by atoms with Crippen LogP contribution in [0.4, 0.5) is 5.69 Å². The standard InChI is InChI=1S/C22H14N2O5S/c25-19-18(11-13-6-3-5-12-4-1-2-7-17(12)13)30-22(24-19)23-16-9-14(20(26)27)8-15(10-16)21(28)29/h1-11H,(H,26,27)(H,28,29)(H,23,24,25)/b18-11-. The van der Waals surface area contributed by atoms with Gasteiger partial charge in [0, 0.05) is 0 Å². The largest absolute Gasteiger partial charge is 0.478 e. The number of aliphatic imine (C=N–C) groups is 1. The summed E-state index contributed by atoms with van der Waals surface area (Å²) < 4.78 is 0. The lowest BCUT2D eigenvalue weighted by atomic mass is 10.0. The Morgan fingerprint density at radius 2 is 1.60 bits per heavy atom. The first-order chi connectivity index (χ1) is 14.4. The molecule has 1 aliphatic heterocycles. The number of aromatic carboxylic acids is 2. The van der Waals surface area contributed by atoms with Gasteiger partial charge in [-0.25, -0.2) is 14.6 Å². The Hall–Kier alpha value is -3.91. The van der Waals surface area contributed by atoms with Gasteiger partial charge in [-0.3, -0.25) is 4.79 Å². The Morgan fingerprint density at radius 3 is 2.30 bits per heavy atom. The molecule has 0 aliphatic carbocycles. The number of amidine groups is 1. The Kier molecular flexibility index (Phi) is 5.07. The molecule has 0 bridgehead atoms. The third kappa shape index (κ3) is 3.94. The molecule has 148 valence electrons. The van der Waals surface area contributed by atoms with Crippen molar-refractivity contribution in [3.63, 3.8) is 0 Å². The molecule has 7 nitrogen and oxygen atoms in total. The normalized spacial score (nSPS) is 16.2. The average molecular weight is 418 g/mol. The second-order valence-electron chi connectivity index (χ2n) is 6.43. The summed E-state index contributed by atoms with van der Waals surface area (Å²) in [5.74, 6) is -2.86. The number of carbonyl (C=O) groups excluding carboxylic acids is 1. The zero-order valence-corrected chi connectivity index (χ0v) is 16.1. The molecule has 0 spiro atoms. The van der Waals surface area contributed by atoms with E-state index in [2.05, 4.69) is 10.3 Å². The highest BCUT2D eigenvalue weighted by Gasteiger charge is 2.24. The first-order valence-corrected chi connectivity index (χ1v) is 9.61. The van der Waals surface area contributed by atoms with Gasteiger partial charge in [0.25, 0.3) is 5.91 Å². The highest BCUT2D eigenvalue weighted by atomic mass is 32.2. The molecule has 30 heavy (non-hydrogen) atoms. The van der Waals surface area contributed by atoms with E-state index in [1.807, 2.05) is 42.5 Å². The summed E-state index contributed by atoms with van der Waals surface area (Å²) in [6, 6.07) is 17.2. The molecule has 0 unspecified atom stereocenters. The molecule has 4 rings (SSSR count). The van der Waals surface area contributed by atoms with Crippen molar-refractivity contribution in [2.24, 2.45) is 4.99 Å². The van der Waals surface area contributed by atoms with Crippen molar-refractivity contribution < 1.29 is 24.6 Å². The van der Waals surface area contributed by atoms with E-state index >= 15 is 0 Å². The number of nitrogens with zero attached hydrogens (tertiary/aromatic N) is 1. The van der Waals surface area contributed by atoms with Crippen molar-refractivity contribution in [3.05, 3.63) is 82.3 Å². The van der Waals surface area contributed by atoms with Crippen molar-refractivity contribution in [1.29, 1.82) is 0 Å². The number of nitrogens with one attached hydrogen (secondary N) is 1. The number of hydrogen-bond donors (Lipinski definition) is 3. The van der Waals surface area contributed by atoms with Crippen molar-refractivity contribution in [2.45, 2.75) is 0 Å². The number of fused-ring (bicyclic) bond motifs is 1.